The van der Waals surface area contributed by atoms with Gasteiger partial charge in [-0.2, -0.15) is 0 Å². The van der Waals surface area contributed by atoms with E-state index in [9.17, 15) is 4.79 Å². The largest absolute Gasteiger partial charge is 0.497 e. The Hall–Kier alpha value is -2.53. The molecule has 3 rings (SSSR count). The molecule has 1 unspecified atom stereocenters. The number of para-hydroxylation sites is 1. The molecule has 2 aromatic rings. The van der Waals surface area contributed by atoms with Crippen LogP contribution in [0, 0.1) is 0 Å². The van der Waals surface area contributed by atoms with Crippen molar-refractivity contribution in [3.8, 4) is 5.75 Å². The molecule has 0 bridgehead atoms. The zero-order chi connectivity index (χ0) is 18.4. The third kappa shape index (κ3) is 4.76. The molecular formula is C21H28N3O2+. The van der Waals surface area contributed by atoms with Crippen molar-refractivity contribution in [2.24, 2.45) is 0 Å². The molecule has 5 heteroatoms. The third-order valence-corrected chi connectivity index (χ3v) is 4.85. The summed E-state index contributed by atoms with van der Waals surface area (Å²) >= 11 is 0. The summed E-state index contributed by atoms with van der Waals surface area (Å²) < 4.78 is 5.27. The Kier molecular flexibility index (Phi) is 6.12. The number of hydrogen-bond donors (Lipinski definition) is 1. The van der Waals surface area contributed by atoms with Gasteiger partial charge in [0.15, 0.2) is 6.54 Å². The fourth-order valence-corrected chi connectivity index (χ4v) is 3.42. The SMILES string of the molecule is COc1cccc(C[NH+](C)CC(=O)N2CCN(c3ccccc3)CC2)c1. The molecule has 0 aliphatic carbocycles. The topological polar surface area (TPSA) is 37.2 Å². The molecule has 1 fully saturated rings. The second-order valence-corrected chi connectivity index (χ2v) is 6.87. The Balaban J connectivity index is 1.47. The maximum absolute atomic E-state index is 12.6. The molecule has 138 valence electrons. The molecule has 1 aliphatic heterocycles. The lowest BCUT2D eigenvalue weighted by Crippen LogP contribution is -3.09. The van der Waals surface area contributed by atoms with E-state index in [-0.39, 0.29) is 5.91 Å². The second kappa shape index (κ2) is 8.72. The van der Waals surface area contributed by atoms with Gasteiger partial charge in [0.1, 0.15) is 12.3 Å². The van der Waals surface area contributed by atoms with Crippen molar-refractivity contribution >= 4 is 11.6 Å². The fraction of sp³-hybridized carbons (Fsp3) is 0.381. The molecule has 5 nitrogen and oxygen atoms in total. The lowest BCUT2D eigenvalue weighted by Gasteiger charge is -2.36. The zero-order valence-corrected chi connectivity index (χ0v) is 15.6. The summed E-state index contributed by atoms with van der Waals surface area (Å²) in [6, 6.07) is 18.5. The minimum absolute atomic E-state index is 0.234. The van der Waals surface area contributed by atoms with Crippen LogP contribution in [0.3, 0.4) is 0 Å². The number of hydrogen-bond acceptors (Lipinski definition) is 3. The van der Waals surface area contributed by atoms with E-state index in [1.165, 1.54) is 16.2 Å². The maximum Gasteiger partial charge on any atom is 0.277 e. The smallest absolute Gasteiger partial charge is 0.277 e. The highest BCUT2D eigenvalue weighted by Gasteiger charge is 2.23. The highest BCUT2D eigenvalue weighted by atomic mass is 16.5. The normalized spacial score (nSPS) is 15.6. The number of carbonyl (C=O) groups excluding carboxylic acids is 1. The summed E-state index contributed by atoms with van der Waals surface area (Å²) in [5.41, 5.74) is 2.42. The van der Waals surface area contributed by atoms with Crippen molar-refractivity contribution < 1.29 is 14.4 Å². The number of anilines is 1. The maximum atomic E-state index is 12.6. The molecule has 2 aromatic carbocycles. The van der Waals surface area contributed by atoms with Gasteiger partial charge >= 0.3 is 0 Å². The minimum Gasteiger partial charge on any atom is -0.497 e. The lowest BCUT2D eigenvalue weighted by molar-refractivity contribution is -0.885. The van der Waals surface area contributed by atoms with Crippen LogP contribution in [0.15, 0.2) is 54.6 Å². The number of piperazine rings is 1. The van der Waals surface area contributed by atoms with Crippen LogP contribution < -0.4 is 14.5 Å². The van der Waals surface area contributed by atoms with Gasteiger partial charge in [0.05, 0.1) is 14.2 Å². The van der Waals surface area contributed by atoms with E-state index in [0.29, 0.717) is 6.54 Å². The molecule has 1 heterocycles. The number of rotatable bonds is 6. The number of quaternary nitrogens is 1. The summed E-state index contributed by atoms with van der Waals surface area (Å²) in [4.78, 5) is 18.2. The predicted molar refractivity (Wildman–Crippen MR) is 104 cm³/mol. The Morgan fingerprint density at radius 2 is 1.77 bits per heavy atom. The first kappa shape index (κ1) is 18.3. The fourth-order valence-electron chi connectivity index (χ4n) is 3.42. The van der Waals surface area contributed by atoms with Gasteiger partial charge < -0.3 is 19.4 Å². The Bertz CT molecular complexity index is 712. The minimum atomic E-state index is 0.234. The van der Waals surface area contributed by atoms with Crippen LogP contribution in [0.1, 0.15) is 5.56 Å². The monoisotopic (exact) mass is 354 g/mol. The van der Waals surface area contributed by atoms with E-state index >= 15 is 0 Å². The highest BCUT2D eigenvalue weighted by Crippen LogP contribution is 2.15. The molecule has 1 amide bonds. The molecule has 0 aromatic heterocycles. The molecule has 1 saturated heterocycles. The first-order valence-corrected chi connectivity index (χ1v) is 9.17. The summed E-state index contributed by atoms with van der Waals surface area (Å²) in [7, 11) is 3.74. The van der Waals surface area contributed by atoms with Crippen LogP contribution in [-0.4, -0.2) is 57.7 Å². The first-order valence-electron chi connectivity index (χ1n) is 9.17. The number of likely N-dealkylation sites (N-methyl/N-ethyl adjacent to an activating group) is 1. The van der Waals surface area contributed by atoms with E-state index in [0.717, 1.165) is 38.5 Å². The van der Waals surface area contributed by atoms with Gasteiger partial charge in [-0.15, -0.1) is 0 Å². The standard InChI is InChI=1S/C21H27N3O2/c1-22(16-18-7-6-10-20(15-18)26-2)17-21(25)24-13-11-23(12-14-24)19-8-4-3-5-9-19/h3-10,15H,11-14,16-17H2,1-2H3/p+1. The average molecular weight is 354 g/mol. The lowest BCUT2D eigenvalue weighted by atomic mass is 10.2. The van der Waals surface area contributed by atoms with Crippen molar-refractivity contribution in [3.05, 3.63) is 60.2 Å². The molecule has 26 heavy (non-hydrogen) atoms. The van der Waals surface area contributed by atoms with Crippen LogP contribution in [0.2, 0.25) is 0 Å². The molecule has 0 radical (unpaired) electrons. The average Bonchev–Trinajstić information content (AvgIpc) is 2.69. The van der Waals surface area contributed by atoms with Gasteiger partial charge in [0.2, 0.25) is 0 Å². The van der Waals surface area contributed by atoms with Gasteiger partial charge in [0.25, 0.3) is 5.91 Å². The highest BCUT2D eigenvalue weighted by molar-refractivity contribution is 5.77. The van der Waals surface area contributed by atoms with Crippen molar-refractivity contribution in [3.63, 3.8) is 0 Å². The number of nitrogens with zero attached hydrogens (tertiary/aromatic N) is 2. The van der Waals surface area contributed by atoms with Crippen molar-refractivity contribution in [2.45, 2.75) is 6.54 Å². The van der Waals surface area contributed by atoms with Crippen LogP contribution in [0.25, 0.3) is 0 Å². The molecule has 1 atom stereocenters. The molecule has 1 aliphatic rings. The number of nitrogens with one attached hydrogen (secondary N) is 1. The molecule has 1 N–H and O–H groups in total. The Morgan fingerprint density at radius 1 is 1.04 bits per heavy atom. The first-order chi connectivity index (χ1) is 12.7. The van der Waals surface area contributed by atoms with Gasteiger partial charge in [-0.1, -0.05) is 30.3 Å². The van der Waals surface area contributed by atoms with Gasteiger partial charge in [-0.3, -0.25) is 4.79 Å². The molecular weight excluding hydrogens is 326 g/mol. The number of methoxy groups -OCH3 is 1. The summed E-state index contributed by atoms with van der Waals surface area (Å²) in [6.45, 7) is 4.70. The van der Waals surface area contributed by atoms with E-state index < -0.39 is 0 Å². The molecule has 0 saturated carbocycles. The van der Waals surface area contributed by atoms with E-state index in [2.05, 4.69) is 42.3 Å². The summed E-state index contributed by atoms with van der Waals surface area (Å²) in [5.74, 6) is 1.09. The van der Waals surface area contributed by atoms with Gasteiger partial charge in [-0.05, 0) is 24.3 Å². The Morgan fingerprint density at radius 3 is 2.46 bits per heavy atom. The van der Waals surface area contributed by atoms with Gasteiger partial charge in [0, 0.05) is 37.4 Å². The zero-order valence-electron chi connectivity index (χ0n) is 15.6. The van der Waals surface area contributed by atoms with Crippen LogP contribution in [0.4, 0.5) is 5.69 Å². The number of carbonyl (C=O) groups is 1. The number of benzene rings is 2. The van der Waals surface area contributed by atoms with Crippen molar-refractivity contribution in [2.75, 3.05) is 51.8 Å². The summed E-state index contributed by atoms with van der Waals surface area (Å²) in [6.07, 6.45) is 0. The van der Waals surface area contributed by atoms with Crippen LogP contribution in [-0.2, 0) is 11.3 Å². The van der Waals surface area contributed by atoms with E-state index in [4.69, 9.17) is 4.74 Å². The predicted octanol–water partition coefficient (Wildman–Crippen LogP) is 1.06. The van der Waals surface area contributed by atoms with E-state index in [1.807, 2.05) is 29.2 Å². The number of amides is 1. The van der Waals surface area contributed by atoms with E-state index in [1.54, 1.807) is 7.11 Å². The summed E-state index contributed by atoms with van der Waals surface area (Å²) in [5, 5.41) is 0. The van der Waals surface area contributed by atoms with Crippen LogP contribution >= 0.6 is 0 Å². The second-order valence-electron chi connectivity index (χ2n) is 6.87. The number of ether oxygens (including phenoxy) is 1. The van der Waals surface area contributed by atoms with Gasteiger partial charge in [-0.25, -0.2) is 0 Å². The van der Waals surface area contributed by atoms with Crippen molar-refractivity contribution in [1.29, 1.82) is 0 Å². The quantitative estimate of drug-likeness (QED) is 0.843. The van der Waals surface area contributed by atoms with Crippen molar-refractivity contribution in [1.82, 2.24) is 4.90 Å². The Labute approximate surface area is 155 Å². The third-order valence-electron chi connectivity index (χ3n) is 4.85. The molecule has 0 spiro atoms. The van der Waals surface area contributed by atoms with Crippen LogP contribution in [0.5, 0.6) is 5.75 Å².